The Morgan fingerprint density at radius 3 is 2.54 bits per heavy atom. The molecule has 144 valence electrons. The molecular formula is C19H29N3O3S. The Hall–Kier alpha value is -1.44. The van der Waals surface area contributed by atoms with Gasteiger partial charge in [0, 0.05) is 24.4 Å². The molecular weight excluding hydrogens is 350 g/mol. The SMILES string of the molecule is CS(=O)(=O)NC(=O)CCCN1CCC(N[C@@H]2CC2c2ccccc2)CC1. The van der Waals surface area contributed by atoms with Gasteiger partial charge >= 0.3 is 0 Å². The molecule has 1 aliphatic carbocycles. The number of piperidine rings is 1. The van der Waals surface area contributed by atoms with E-state index >= 15 is 0 Å². The first-order valence-corrected chi connectivity index (χ1v) is 11.3. The van der Waals surface area contributed by atoms with Crippen molar-refractivity contribution in [3.8, 4) is 0 Å². The third-order valence-electron chi connectivity index (χ3n) is 5.23. The number of nitrogens with zero attached hydrogens (tertiary/aromatic N) is 1. The van der Waals surface area contributed by atoms with Gasteiger partial charge in [0.2, 0.25) is 15.9 Å². The molecule has 1 aliphatic heterocycles. The summed E-state index contributed by atoms with van der Waals surface area (Å²) < 4.78 is 24.0. The summed E-state index contributed by atoms with van der Waals surface area (Å²) in [6.07, 6.45) is 5.45. The summed E-state index contributed by atoms with van der Waals surface area (Å²) in [5.74, 6) is 0.257. The van der Waals surface area contributed by atoms with Crippen molar-refractivity contribution in [2.45, 2.75) is 50.1 Å². The molecule has 1 saturated carbocycles. The Labute approximate surface area is 156 Å². The number of amides is 1. The quantitative estimate of drug-likeness (QED) is 0.715. The van der Waals surface area contributed by atoms with E-state index in [-0.39, 0.29) is 6.42 Å². The zero-order valence-corrected chi connectivity index (χ0v) is 16.2. The van der Waals surface area contributed by atoms with Crippen molar-refractivity contribution in [2.75, 3.05) is 25.9 Å². The number of likely N-dealkylation sites (tertiary alicyclic amines) is 1. The normalized spacial score (nSPS) is 24.3. The van der Waals surface area contributed by atoms with E-state index in [2.05, 4.69) is 40.5 Å². The minimum atomic E-state index is -3.44. The number of sulfonamides is 1. The van der Waals surface area contributed by atoms with E-state index in [1.807, 2.05) is 4.72 Å². The lowest BCUT2D eigenvalue weighted by Gasteiger charge is -2.32. The maximum atomic E-state index is 11.5. The van der Waals surface area contributed by atoms with Gasteiger partial charge < -0.3 is 10.2 Å². The van der Waals surface area contributed by atoms with Crippen LogP contribution in [0.3, 0.4) is 0 Å². The van der Waals surface area contributed by atoms with E-state index in [9.17, 15) is 13.2 Å². The molecule has 1 unspecified atom stereocenters. The zero-order valence-electron chi connectivity index (χ0n) is 15.4. The van der Waals surface area contributed by atoms with Gasteiger partial charge in [-0.3, -0.25) is 9.52 Å². The van der Waals surface area contributed by atoms with Gasteiger partial charge in [0.15, 0.2) is 0 Å². The fraction of sp³-hybridized carbons (Fsp3) is 0.632. The molecule has 0 spiro atoms. The van der Waals surface area contributed by atoms with Gasteiger partial charge in [-0.05, 0) is 50.9 Å². The number of carbonyl (C=O) groups is 1. The number of benzene rings is 1. The van der Waals surface area contributed by atoms with Gasteiger partial charge in [0.05, 0.1) is 6.26 Å². The second-order valence-electron chi connectivity index (χ2n) is 7.54. The highest BCUT2D eigenvalue weighted by Gasteiger charge is 2.39. The fourth-order valence-electron chi connectivity index (χ4n) is 3.79. The van der Waals surface area contributed by atoms with Crippen LogP contribution < -0.4 is 10.0 Å². The molecule has 1 aromatic carbocycles. The molecule has 3 rings (SSSR count). The summed E-state index contributed by atoms with van der Waals surface area (Å²) in [6.45, 7) is 2.92. The maximum absolute atomic E-state index is 11.5. The highest BCUT2D eigenvalue weighted by molar-refractivity contribution is 7.89. The van der Waals surface area contributed by atoms with Gasteiger partial charge in [-0.2, -0.15) is 0 Å². The molecule has 1 amide bonds. The molecule has 6 nitrogen and oxygen atoms in total. The predicted molar refractivity (Wildman–Crippen MR) is 102 cm³/mol. The highest BCUT2D eigenvalue weighted by atomic mass is 32.2. The average molecular weight is 380 g/mol. The fourth-order valence-corrected chi connectivity index (χ4v) is 4.31. The number of hydrogen-bond acceptors (Lipinski definition) is 5. The van der Waals surface area contributed by atoms with E-state index < -0.39 is 15.9 Å². The first kappa shape index (κ1) is 19.3. The summed E-state index contributed by atoms with van der Waals surface area (Å²) in [4.78, 5) is 13.9. The third-order valence-corrected chi connectivity index (χ3v) is 5.83. The predicted octanol–water partition coefficient (Wildman–Crippen LogP) is 1.45. The van der Waals surface area contributed by atoms with Crippen LogP contribution in [0, 0.1) is 0 Å². The molecule has 1 heterocycles. The van der Waals surface area contributed by atoms with Crippen molar-refractivity contribution in [2.24, 2.45) is 0 Å². The second-order valence-corrected chi connectivity index (χ2v) is 9.29. The van der Waals surface area contributed by atoms with E-state index in [4.69, 9.17) is 0 Å². The van der Waals surface area contributed by atoms with Crippen LogP contribution in [0.25, 0.3) is 0 Å². The number of hydrogen-bond donors (Lipinski definition) is 2. The lowest BCUT2D eigenvalue weighted by Crippen LogP contribution is -2.43. The number of rotatable bonds is 8. The Morgan fingerprint density at radius 1 is 1.19 bits per heavy atom. The van der Waals surface area contributed by atoms with Crippen molar-refractivity contribution in [1.82, 2.24) is 14.9 Å². The Kier molecular flexibility index (Phi) is 6.32. The first-order chi connectivity index (χ1) is 12.4. The van der Waals surface area contributed by atoms with Gasteiger partial charge in [-0.1, -0.05) is 30.3 Å². The van der Waals surface area contributed by atoms with Crippen molar-refractivity contribution < 1.29 is 13.2 Å². The molecule has 26 heavy (non-hydrogen) atoms. The van der Waals surface area contributed by atoms with E-state index in [0.29, 0.717) is 24.4 Å². The molecule has 0 bridgehead atoms. The Bertz CT molecular complexity index is 700. The Balaban J connectivity index is 1.30. The van der Waals surface area contributed by atoms with Crippen molar-refractivity contribution in [1.29, 1.82) is 0 Å². The van der Waals surface area contributed by atoms with Crippen LogP contribution in [-0.2, 0) is 14.8 Å². The molecule has 2 aliphatic rings. The summed E-state index contributed by atoms with van der Waals surface area (Å²) in [6, 6.07) is 11.9. The van der Waals surface area contributed by atoms with E-state index in [1.54, 1.807) is 0 Å². The van der Waals surface area contributed by atoms with Gasteiger partial charge in [0.25, 0.3) is 0 Å². The molecule has 7 heteroatoms. The van der Waals surface area contributed by atoms with Crippen LogP contribution >= 0.6 is 0 Å². The molecule has 1 aromatic rings. The minimum absolute atomic E-state index is 0.256. The second kappa shape index (κ2) is 8.50. The lowest BCUT2D eigenvalue weighted by atomic mass is 10.0. The summed E-state index contributed by atoms with van der Waals surface area (Å²) in [5, 5.41) is 3.80. The molecule has 0 aromatic heterocycles. The van der Waals surface area contributed by atoms with Crippen LogP contribution in [0.5, 0.6) is 0 Å². The van der Waals surface area contributed by atoms with E-state index in [1.165, 1.54) is 12.0 Å². The van der Waals surface area contributed by atoms with Crippen LogP contribution in [-0.4, -0.2) is 57.2 Å². The van der Waals surface area contributed by atoms with Crippen molar-refractivity contribution in [3.63, 3.8) is 0 Å². The summed E-state index contributed by atoms with van der Waals surface area (Å²) in [7, 11) is -3.44. The number of nitrogens with one attached hydrogen (secondary N) is 2. The molecule has 2 atom stereocenters. The van der Waals surface area contributed by atoms with Crippen LogP contribution in [0.2, 0.25) is 0 Å². The lowest BCUT2D eigenvalue weighted by molar-refractivity contribution is -0.119. The summed E-state index contributed by atoms with van der Waals surface area (Å²) in [5.41, 5.74) is 1.44. The Morgan fingerprint density at radius 2 is 1.88 bits per heavy atom. The largest absolute Gasteiger partial charge is 0.311 e. The monoisotopic (exact) mass is 379 g/mol. The average Bonchev–Trinajstić information content (AvgIpc) is 3.35. The van der Waals surface area contributed by atoms with Gasteiger partial charge in [0.1, 0.15) is 0 Å². The molecule has 0 radical (unpaired) electrons. The van der Waals surface area contributed by atoms with E-state index in [0.717, 1.165) is 38.7 Å². The standard InChI is InChI=1S/C19H29N3O3S/c1-26(24,25)21-19(23)8-5-11-22-12-9-16(10-13-22)20-18-14-17(18)15-6-3-2-4-7-15/h2-4,6-7,16-18,20H,5,8-14H2,1H3,(H,21,23)/t17?,18-/m1/s1. The molecule has 2 N–H and O–H groups in total. The van der Waals surface area contributed by atoms with Gasteiger partial charge in [-0.25, -0.2) is 8.42 Å². The first-order valence-electron chi connectivity index (χ1n) is 9.45. The van der Waals surface area contributed by atoms with Gasteiger partial charge in [-0.15, -0.1) is 0 Å². The topological polar surface area (TPSA) is 78.5 Å². The smallest absolute Gasteiger partial charge is 0.233 e. The maximum Gasteiger partial charge on any atom is 0.233 e. The number of carbonyl (C=O) groups excluding carboxylic acids is 1. The minimum Gasteiger partial charge on any atom is -0.311 e. The third kappa shape index (κ3) is 6.07. The van der Waals surface area contributed by atoms with Crippen LogP contribution in [0.15, 0.2) is 30.3 Å². The summed E-state index contributed by atoms with van der Waals surface area (Å²) >= 11 is 0. The van der Waals surface area contributed by atoms with Crippen molar-refractivity contribution in [3.05, 3.63) is 35.9 Å². The highest BCUT2D eigenvalue weighted by Crippen LogP contribution is 2.41. The van der Waals surface area contributed by atoms with Crippen molar-refractivity contribution >= 4 is 15.9 Å². The van der Waals surface area contributed by atoms with Crippen LogP contribution in [0.4, 0.5) is 0 Å². The molecule has 2 fully saturated rings. The van der Waals surface area contributed by atoms with Crippen LogP contribution in [0.1, 0.15) is 43.6 Å². The zero-order chi connectivity index (χ0) is 18.6. The molecule has 1 saturated heterocycles.